The molecule has 0 radical (unpaired) electrons. The van der Waals surface area contributed by atoms with Crippen molar-refractivity contribution in [2.75, 3.05) is 6.54 Å². The second-order valence-electron chi connectivity index (χ2n) is 3.05. The zero-order valence-corrected chi connectivity index (χ0v) is 6.05. The van der Waals surface area contributed by atoms with Gasteiger partial charge in [0.05, 0.1) is 12.2 Å². The minimum Gasteiger partial charge on any atom is -0.369 e. The molecule has 10 heavy (non-hydrogen) atoms. The first-order chi connectivity index (χ1) is 4.90. The molecular weight excluding hydrogens is 126 g/mol. The Morgan fingerprint density at radius 3 is 3.20 bits per heavy atom. The van der Waals surface area contributed by atoms with Crippen LogP contribution in [0.4, 0.5) is 0 Å². The molecule has 2 rings (SSSR count). The SMILES string of the molecule is NCCC1=CCC2OC2C1. The average molecular weight is 139 g/mol. The van der Waals surface area contributed by atoms with Crippen LogP contribution in [-0.2, 0) is 4.74 Å². The van der Waals surface area contributed by atoms with Crippen molar-refractivity contribution >= 4 is 0 Å². The smallest absolute Gasteiger partial charge is 0.0882 e. The van der Waals surface area contributed by atoms with Crippen LogP contribution >= 0.6 is 0 Å². The highest BCUT2D eigenvalue weighted by molar-refractivity contribution is 5.14. The van der Waals surface area contributed by atoms with E-state index in [-0.39, 0.29) is 0 Å². The minimum atomic E-state index is 0.562. The van der Waals surface area contributed by atoms with Crippen LogP contribution < -0.4 is 5.73 Å². The van der Waals surface area contributed by atoms with Gasteiger partial charge in [-0.15, -0.1) is 0 Å². The van der Waals surface area contributed by atoms with E-state index in [9.17, 15) is 0 Å². The average Bonchev–Trinajstić information content (AvgIpc) is 2.66. The van der Waals surface area contributed by atoms with Crippen LogP contribution in [0.15, 0.2) is 11.6 Å². The van der Waals surface area contributed by atoms with Crippen molar-refractivity contribution in [1.29, 1.82) is 0 Å². The van der Waals surface area contributed by atoms with Gasteiger partial charge >= 0.3 is 0 Å². The first-order valence-corrected chi connectivity index (χ1v) is 3.93. The molecule has 1 aliphatic carbocycles. The van der Waals surface area contributed by atoms with Gasteiger partial charge in [0.1, 0.15) is 0 Å². The Kier molecular flexibility index (Phi) is 1.51. The quantitative estimate of drug-likeness (QED) is 0.454. The predicted octanol–water partition coefficient (Wildman–Crippen LogP) is 0.823. The second kappa shape index (κ2) is 2.36. The molecule has 0 bridgehead atoms. The van der Waals surface area contributed by atoms with Gasteiger partial charge in [-0.05, 0) is 25.8 Å². The van der Waals surface area contributed by atoms with Crippen molar-refractivity contribution in [1.82, 2.24) is 0 Å². The summed E-state index contributed by atoms with van der Waals surface area (Å²) in [5.41, 5.74) is 6.94. The summed E-state index contributed by atoms with van der Waals surface area (Å²) in [7, 11) is 0. The monoisotopic (exact) mass is 139 g/mol. The van der Waals surface area contributed by atoms with Gasteiger partial charge in [0, 0.05) is 0 Å². The van der Waals surface area contributed by atoms with E-state index in [0.29, 0.717) is 12.2 Å². The van der Waals surface area contributed by atoms with Gasteiger partial charge < -0.3 is 10.5 Å². The normalized spacial score (nSPS) is 36.7. The first kappa shape index (κ1) is 6.38. The summed E-state index contributed by atoms with van der Waals surface area (Å²) < 4.78 is 5.36. The van der Waals surface area contributed by atoms with Crippen LogP contribution in [0.1, 0.15) is 19.3 Å². The Morgan fingerprint density at radius 1 is 1.60 bits per heavy atom. The fraction of sp³-hybridized carbons (Fsp3) is 0.750. The number of ether oxygens (including phenoxy) is 1. The number of fused-ring (bicyclic) bond motifs is 1. The third kappa shape index (κ3) is 1.09. The van der Waals surface area contributed by atoms with E-state index in [1.165, 1.54) is 5.57 Å². The molecule has 1 heterocycles. The molecule has 0 aromatic rings. The number of nitrogens with two attached hydrogens (primary N) is 1. The van der Waals surface area contributed by atoms with Gasteiger partial charge in [0.25, 0.3) is 0 Å². The molecule has 0 aromatic carbocycles. The number of hydrogen-bond acceptors (Lipinski definition) is 2. The largest absolute Gasteiger partial charge is 0.369 e. The van der Waals surface area contributed by atoms with E-state index in [2.05, 4.69) is 6.08 Å². The van der Waals surface area contributed by atoms with Gasteiger partial charge in [-0.25, -0.2) is 0 Å². The molecule has 1 saturated heterocycles. The van der Waals surface area contributed by atoms with Crippen molar-refractivity contribution in [3.63, 3.8) is 0 Å². The lowest BCUT2D eigenvalue weighted by atomic mass is 9.97. The predicted molar refractivity (Wildman–Crippen MR) is 39.6 cm³/mol. The van der Waals surface area contributed by atoms with Crippen molar-refractivity contribution in [2.24, 2.45) is 5.73 Å². The van der Waals surface area contributed by atoms with E-state index in [4.69, 9.17) is 10.5 Å². The first-order valence-electron chi connectivity index (χ1n) is 3.93. The number of hydrogen-bond donors (Lipinski definition) is 1. The molecule has 2 N–H and O–H groups in total. The molecule has 2 aliphatic rings. The summed E-state index contributed by atoms with van der Waals surface area (Å²) in [6.07, 6.45) is 6.75. The van der Waals surface area contributed by atoms with Gasteiger partial charge in [0.2, 0.25) is 0 Å². The van der Waals surface area contributed by atoms with Crippen molar-refractivity contribution in [2.45, 2.75) is 31.5 Å². The second-order valence-corrected chi connectivity index (χ2v) is 3.05. The molecule has 2 unspecified atom stereocenters. The molecular formula is C8H13NO. The van der Waals surface area contributed by atoms with Crippen LogP contribution in [-0.4, -0.2) is 18.8 Å². The Morgan fingerprint density at radius 2 is 2.50 bits per heavy atom. The third-order valence-electron chi connectivity index (χ3n) is 2.26. The Labute approximate surface area is 61.0 Å². The molecule has 1 aliphatic heterocycles. The van der Waals surface area contributed by atoms with Crippen LogP contribution in [0, 0.1) is 0 Å². The molecule has 2 heteroatoms. The summed E-state index contributed by atoms with van der Waals surface area (Å²) in [5, 5.41) is 0. The molecule has 0 amide bonds. The van der Waals surface area contributed by atoms with Gasteiger partial charge in [-0.1, -0.05) is 11.6 Å². The van der Waals surface area contributed by atoms with Gasteiger partial charge in [-0.3, -0.25) is 0 Å². The molecule has 2 nitrogen and oxygen atoms in total. The zero-order valence-electron chi connectivity index (χ0n) is 6.05. The van der Waals surface area contributed by atoms with Gasteiger partial charge in [0.15, 0.2) is 0 Å². The fourth-order valence-corrected chi connectivity index (χ4v) is 1.58. The van der Waals surface area contributed by atoms with Crippen molar-refractivity contribution in [3.05, 3.63) is 11.6 Å². The lowest BCUT2D eigenvalue weighted by molar-refractivity contribution is 0.374. The molecule has 56 valence electrons. The topological polar surface area (TPSA) is 38.5 Å². The van der Waals surface area contributed by atoms with Crippen LogP contribution in [0.3, 0.4) is 0 Å². The van der Waals surface area contributed by atoms with E-state index in [1.807, 2.05) is 0 Å². The summed E-state index contributed by atoms with van der Waals surface area (Å²) in [6.45, 7) is 0.781. The van der Waals surface area contributed by atoms with E-state index in [0.717, 1.165) is 25.8 Å². The number of epoxide rings is 1. The highest BCUT2D eigenvalue weighted by atomic mass is 16.6. The molecule has 2 atom stereocenters. The van der Waals surface area contributed by atoms with Gasteiger partial charge in [-0.2, -0.15) is 0 Å². The van der Waals surface area contributed by atoms with E-state index in [1.54, 1.807) is 0 Å². The summed E-state index contributed by atoms with van der Waals surface area (Å²) >= 11 is 0. The third-order valence-corrected chi connectivity index (χ3v) is 2.26. The minimum absolute atomic E-state index is 0.562. The van der Waals surface area contributed by atoms with E-state index < -0.39 is 0 Å². The zero-order chi connectivity index (χ0) is 6.97. The molecule has 0 saturated carbocycles. The van der Waals surface area contributed by atoms with Crippen molar-refractivity contribution in [3.8, 4) is 0 Å². The lowest BCUT2D eigenvalue weighted by Gasteiger charge is -2.06. The fourth-order valence-electron chi connectivity index (χ4n) is 1.58. The maximum absolute atomic E-state index is 5.44. The lowest BCUT2D eigenvalue weighted by Crippen LogP contribution is -2.06. The highest BCUT2D eigenvalue weighted by Crippen LogP contribution is 2.36. The summed E-state index contributed by atoms with van der Waals surface area (Å²) in [5.74, 6) is 0. The van der Waals surface area contributed by atoms with Crippen LogP contribution in [0.25, 0.3) is 0 Å². The molecule has 0 spiro atoms. The maximum Gasteiger partial charge on any atom is 0.0882 e. The maximum atomic E-state index is 5.44. The highest BCUT2D eigenvalue weighted by Gasteiger charge is 2.40. The summed E-state index contributed by atoms with van der Waals surface area (Å²) in [6, 6.07) is 0. The van der Waals surface area contributed by atoms with Crippen molar-refractivity contribution < 1.29 is 4.74 Å². The Balaban J connectivity index is 1.90. The standard InChI is InChI=1S/C8H13NO/c9-4-3-6-1-2-7-8(5-6)10-7/h1,7-8H,2-5,9H2. The Bertz CT molecular complexity index is 165. The summed E-state index contributed by atoms with van der Waals surface area (Å²) in [4.78, 5) is 0. The number of rotatable bonds is 2. The van der Waals surface area contributed by atoms with Crippen LogP contribution in [0.2, 0.25) is 0 Å². The molecule has 1 fully saturated rings. The Hall–Kier alpha value is -0.340. The molecule has 0 aromatic heterocycles. The van der Waals surface area contributed by atoms with E-state index >= 15 is 0 Å². The van der Waals surface area contributed by atoms with Crippen LogP contribution in [0.5, 0.6) is 0 Å².